The van der Waals surface area contributed by atoms with Crippen molar-refractivity contribution in [2.45, 2.75) is 20.3 Å². The van der Waals surface area contributed by atoms with Gasteiger partial charge in [0, 0.05) is 28.1 Å². The molecule has 9 heteroatoms. The number of carbonyl (C=O) groups is 3. The van der Waals surface area contributed by atoms with Crippen molar-refractivity contribution < 1.29 is 19.1 Å². The van der Waals surface area contributed by atoms with Gasteiger partial charge in [-0.15, -0.1) is 0 Å². The van der Waals surface area contributed by atoms with Crippen LogP contribution in [0.4, 0.5) is 11.4 Å². The zero-order chi connectivity index (χ0) is 22.0. The van der Waals surface area contributed by atoms with Gasteiger partial charge >= 0.3 is 5.97 Å². The molecule has 2 aromatic rings. The van der Waals surface area contributed by atoms with Crippen molar-refractivity contribution in [2.75, 3.05) is 23.4 Å². The molecule has 0 aliphatic carbocycles. The number of hydrogen-bond donors (Lipinski definition) is 1. The molecule has 1 atom stereocenters. The standard InChI is InChI=1S/C21H19BrCl2N2O4/c1-11-12(2)17(6-4-15(11)22)25-19(27)10-30-21(29)13-7-20(28)26(9-13)18-8-14(23)3-5-16(18)24/h3-6,8,13H,7,9-10H2,1-2H3,(H,25,27)/t13-/m0/s1. The van der Waals surface area contributed by atoms with Crippen molar-refractivity contribution >= 4 is 68.3 Å². The topological polar surface area (TPSA) is 75.7 Å². The second-order valence-corrected chi connectivity index (χ2v) is 8.70. The molecular weight excluding hydrogens is 495 g/mol. The van der Waals surface area contributed by atoms with E-state index in [0.717, 1.165) is 15.6 Å². The largest absolute Gasteiger partial charge is 0.455 e. The third-order valence-electron chi connectivity index (χ3n) is 5.00. The van der Waals surface area contributed by atoms with Crippen LogP contribution in [0, 0.1) is 19.8 Å². The Morgan fingerprint density at radius 2 is 1.93 bits per heavy atom. The van der Waals surface area contributed by atoms with Gasteiger partial charge in [0.2, 0.25) is 5.91 Å². The highest BCUT2D eigenvalue weighted by Gasteiger charge is 2.37. The van der Waals surface area contributed by atoms with Crippen molar-refractivity contribution in [3.05, 3.63) is 56.0 Å². The summed E-state index contributed by atoms with van der Waals surface area (Å²) in [5.74, 6) is -2.00. The molecule has 158 valence electrons. The van der Waals surface area contributed by atoms with Gasteiger partial charge in [-0.2, -0.15) is 0 Å². The van der Waals surface area contributed by atoms with Crippen LogP contribution in [0.25, 0.3) is 0 Å². The van der Waals surface area contributed by atoms with Gasteiger partial charge in [-0.05, 0) is 55.3 Å². The zero-order valence-corrected chi connectivity index (χ0v) is 19.4. The predicted octanol–water partition coefficient (Wildman–Crippen LogP) is 4.91. The average molecular weight is 514 g/mol. The number of anilines is 2. The first kappa shape index (κ1) is 22.6. The van der Waals surface area contributed by atoms with Gasteiger partial charge in [-0.1, -0.05) is 39.1 Å². The molecule has 0 saturated carbocycles. The number of nitrogens with zero attached hydrogens (tertiary/aromatic N) is 1. The van der Waals surface area contributed by atoms with Crippen molar-refractivity contribution in [2.24, 2.45) is 5.92 Å². The third kappa shape index (κ3) is 4.96. The van der Waals surface area contributed by atoms with E-state index in [-0.39, 0.29) is 18.9 Å². The number of amides is 2. The molecule has 1 aliphatic rings. The number of carbonyl (C=O) groups excluding carboxylic acids is 3. The van der Waals surface area contributed by atoms with E-state index in [0.29, 0.717) is 21.4 Å². The fourth-order valence-corrected chi connectivity index (χ4v) is 3.97. The maximum atomic E-state index is 12.4. The summed E-state index contributed by atoms with van der Waals surface area (Å²) >= 11 is 15.6. The van der Waals surface area contributed by atoms with Crippen LogP contribution in [0.3, 0.4) is 0 Å². The summed E-state index contributed by atoms with van der Waals surface area (Å²) in [5.41, 5.74) is 3.02. The Labute approximate surface area is 192 Å². The van der Waals surface area contributed by atoms with E-state index < -0.39 is 24.4 Å². The van der Waals surface area contributed by atoms with Crippen molar-refractivity contribution in [1.29, 1.82) is 0 Å². The Bertz CT molecular complexity index is 1030. The molecule has 0 unspecified atom stereocenters. The average Bonchev–Trinajstić information content (AvgIpc) is 3.10. The Hall–Kier alpha value is -2.09. The molecule has 0 bridgehead atoms. The molecule has 3 rings (SSSR count). The smallest absolute Gasteiger partial charge is 0.311 e. The van der Waals surface area contributed by atoms with Crippen LogP contribution in [0.15, 0.2) is 34.8 Å². The number of rotatable bonds is 5. The van der Waals surface area contributed by atoms with E-state index >= 15 is 0 Å². The van der Waals surface area contributed by atoms with Crippen molar-refractivity contribution in [3.63, 3.8) is 0 Å². The Kier molecular flexibility index (Phi) is 7.06. The summed E-state index contributed by atoms with van der Waals surface area (Å²) in [6, 6.07) is 8.39. The SMILES string of the molecule is Cc1c(Br)ccc(NC(=O)COC(=O)[C@H]2CC(=O)N(c3cc(Cl)ccc3Cl)C2)c1C. The first-order chi connectivity index (χ1) is 14.2. The summed E-state index contributed by atoms with van der Waals surface area (Å²) in [6.45, 7) is 3.51. The van der Waals surface area contributed by atoms with Crippen molar-refractivity contribution in [3.8, 4) is 0 Å². The van der Waals surface area contributed by atoms with E-state index in [1.54, 1.807) is 24.3 Å². The molecule has 1 N–H and O–H groups in total. The van der Waals surface area contributed by atoms with Gasteiger partial charge in [0.1, 0.15) is 0 Å². The van der Waals surface area contributed by atoms with Crippen LogP contribution in [0.2, 0.25) is 10.0 Å². The molecule has 0 radical (unpaired) electrons. The second kappa shape index (κ2) is 9.37. The van der Waals surface area contributed by atoms with E-state index in [4.69, 9.17) is 27.9 Å². The molecule has 1 heterocycles. The van der Waals surface area contributed by atoms with Crippen molar-refractivity contribution in [1.82, 2.24) is 0 Å². The van der Waals surface area contributed by atoms with E-state index in [1.165, 1.54) is 4.90 Å². The summed E-state index contributed by atoms with van der Waals surface area (Å²) in [5, 5.41) is 3.53. The molecule has 1 saturated heterocycles. The fraction of sp³-hybridized carbons (Fsp3) is 0.286. The third-order valence-corrected chi connectivity index (χ3v) is 6.41. The lowest BCUT2D eigenvalue weighted by Crippen LogP contribution is -2.28. The number of nitrogens with one attached hydrogen (secondary N) is 1. The summed E-state index contributed by atoms with van der Waals surface area (Å²) < 4.78 is 6.09. The minimum atomic E-state index is -0.683. The first-order valence-corrected chi connectivity index (χ1v) is 10.7. The molecule has 0 aromatic heterocycles. The molecule has 2 amide bonds. The van der Waals surface area contributed by atoms with Crippen LogP contribution >= 0.6 is 39.1 Å². The van der Waals surface area contributed by atoms with Gasteiger partial charge in [0.05, 0.1) is 16.6 Å². The quantitative estimate of drug-likeness (QED) is 0.576. The van der Waals surface area contributed by atoms with Crippen LogP contribution < -0.4 is 10.2 Å². The zero-order valence-electron chi connectivity index (χ0n) is 16.3. The van der Waals surface area contributed by atoms with Gasteiger partial charge < -0.3 is 15.0 Å². The number of halogens is 3. The summed E-state index contributed by atoms with van der Waals surface area (Å²) in [7, 11) is 0. The summed E-state index contributed by atoms with van der Waals surface area (Å²) in [4.78, 5) is 38.4. The Morgan fingerprint density at radius 1 is 1.20 bits per heavy atom. The maximum Gasteiger partial charge on any atom is 0.311 e. The monoisotopic (exact) mass is 512 g/mol. The molecule has 0 spiro atoms. The summed E-state index contributed by atoms with van der Waals surface area (Å²) in [6.07, 6.45) is -0.0195. The predicted molar refractivity (Wildman–Crippen MR) is 120 cm³/mol. The fourth-order valence-electron chi connectivity index (χ4n) is 3.15. The van der Waals surface area contributed by atoms with E-state index in [2.05, 4.69) is 21.2 Å². The minimum absolute atomic E-state index is 0.0195. The highest BCUT2D eigenvalue weighted by molar-refractivity contribution is 9.10. The molecule has 1 fully saturated rings. The van der Waals surface area contributed by atoms with Crippen LogP contribution in [0.1, 0.15) is 17.5 Å². The van der Waals surface area contributed by atoms with Crippen LogP contribution in [-0.4, -0.2) is 30.9 Å². The normalized spacial score (nSPS) is 16.0. The van der Waals surface area contributed by atoms with Gasteiger partial charge in [-0.3, -0.25) is 14.4 Å². The lowest BCUT2D eigenvalue weighted by atomic mass is 10.1. The van der Waals surface area contributed by atoms with Gasteiger partial charge in [0.15, 0.2) is 6.61 Å². The molecule has 6 nitrogen and oxygen atoms in total. The lowest BCUT2D eigenvalue weighted by molar-refractivity contribution is -0.151. The van der Waals surface area contributed by atoms with Crippen LogP contribution in [-0.2, 0) is 19.1 Å². The highest BCUT2D eigenvalue weighted by atomic mass is 79.9. The second-order valence-electron chi connectivity index (χ2n) is 7.00. The highest BCUT2D eigenvalue weighted by Crippen LogP contribution is 2.33. The maximum absolute atomic E-state index is 12.4. The number of hydrogen-bond acceptors (Lipinski definition) is 4. The van der Waals surface area contributed by atoms with Crippen LogP contribution in [0.5, 0.6) is 0 Å². The van der Waals surface area contributed by atoms with E-state index in [9.17, 15) is 14.4 Å². The molecular formula is C21H19BrCl2N2O4. The van der Waals surface area contributed by atoms with Gasteiger partial charge in [0.25, 0.3) is 5.91 Å². The number of ether oxygens (including phenoxy) is 1. The molecule has 1 aliphatic heterocycles. The first-order valence-electron chi connectivity index (χ1n) is 9.15. The lowest BCUT2D eigenvalue weighted by Gasteiger charge is -2.18. The number of benzene rings is 2. The number of esters is 1. The molecule has 30 heavy (non-hydrogen) atoms. The van der Waals surface area contributed by atoms with Gasteiger partial charge in [-0.25, -0.2) is 0 Å². The Morgan fingerprint density at radius 3 is 2.67 bits per heavy atom. The van der Waals surface area contributed by atoms with E-state index in [1.807, 2.05) is 19.9 Å². The minimum Gasteiger partial charge on any atom is -0.455 e. The Balaban J connectivity index is 1.58. The molecule has 2 aromatic carbocycles.